The Labute approximate surface area is 125 Å². The van der Waals surface area contributed by atoms with Crippen LogP contribution in [-0.4, -0.2) is 10.8 Å². The van der Waals surface area contributed by atoms with Crippen LogP contribution in [0.25, 0.3) is 0 Å². The summed E-state index contributed by atoms with van der Waals surface area (Å²) in [4.78, 5) is 21.5. The highest BCUT2D eigenvalue weighted by Crippen LogP contribution is 2.24. The maximum Gasteiger partial charge on any atom is 0.276 e. The summed E-state index contributed by atoms with van der Waals surface area (Å²) >= 11 is 0. The Balaban J connectivity index is 2.28. The molecule has 2 aromatic carbocycles. The lowest BCUT2D eigenvalue weighted by Crippen LogP contribution is -2.12. The number of nitrogens with two attached hydrogens (primary N) is 1. The fourth-order valence-corrected chi connectivity index (χ4v) is 1.85. The molecule has 2 aromatic rings. The van der Waals surface area contributed by atoms with Gasteiger partial charge in [0.05, 0.1) is 16.1 Å². The van der Waals surface area contributed by atoms with Crippen molar-refractivity contribution in [1.82, 2.24) is 0 Å². The molecule has 0 spiro atoms. The number of nitrogens with zero attached hydrogens (tertiary/aromatic N) is 2. The Morgan fingerprint density at radius 1 is 1.32 bits per heavy atom. The summed E-state index contributed by atoms with van der Waals surface area (Å²) in [5.41, 5.74) is 5.51. The van der Waals surface area contributed by atoms with E-state index >= 15 is 0 Å². The van der Waals surface area contributed by atoms with Gasteiger partial charge in [-0.25, -0.2) is 0 Å². The van der Waals surface area contributed by atoms with E-state index < -0.39 is 10.8 Å². The minimum atomic E-state index is -0.745. The molecule has 0 unspecified atom stereocenters. The molecular weight excluding hydrogens is 286 g/mol. The summed E-state index contributed by atoms with van der Waals surface area (Å²) < 4.78 is 5.46. The molecule has 0 atom stereocenters. The molecule has 22 heavy (non-hydrogen) atoms. The average molecular weight is 297 g/mol. The van der Waals surface area contributed by atoms with Crippen molar-refractivity contribution < 1.29 is 14.5 Å². The Bertz CT molecular complexity index is 781. The summed E-state index contributed by atoms with van der Waals surface area (Å²) in [7, 11) is 0. The first-order chi connectivity index (χ1) is 10.5. The summed E-state index contributed by atoms with van der Waals surface area (Å²) in [5, 5.41) is 20.0. The second-order valence-electron chi connectivity index (χ2n) is 4.36. The Kier molecular flexibility index (Phi) is 4.34. The van der Waals surface area contributed by atoms with Crippen LogP contribution in [0.3, 0.4) is 0 Å². The van der Waals surface area contributed by atoms with Gasteiger partial charge in [0, 0.05) is 11.6 Å². The van der Waals surface area contributed by atoms with Crippen LogP contribution in [0.2, 0.25) is 0 Å². The van der Waals surface area contributed by atoms with Crippen molar-refractivity contribution in [1.29, 1.82) is 5.26 Å². The normalized spacial score (nSPS) is 9.77. The second-order valence-corrected chi connectivity index (χ2v) is 4.36. The lowest BCUT2D eigenvalue weighted by atomic mass is 10.1. The van der Waals surface area contributed by atoms with Crippen molar-refractivity contribution in [2.45, 2.75) is 6.61 Å². The molecule has 0 fully saturated rings. The number of nitro benzene ring substituents is 1. The van der Waals surface area contributed by atoms with E-state index in [4.69, 9.17) is 15.7 Å². The number of hydrogen-bond acceptors (Lipinski definition) is 5. The Morgan fingerprint density at radius 3 is 2.68 bits per heavy atom. The van der Waals surface area contributed by atoms with Gasteiger partial charge in [-0.1, -0.05) is 12.1 Å². The van der Waals surface area contributed by atoms with Gasteiger partial charge in [0.2, 0.25) is 5.91 Å². The Hall–Kier alpha value is -3.40. The minimum absolute atomic E-state index is 0.0490. The lowest BCUT2D eigenvalue weighted by Gasteiger charge is -2.08. The number of ether oxygens (including phenoxy) is 1. The molecule has 0 heterocycles. The molecule has 0 aliphatic rings. The number of para-hydroxylation sites is 1. The number of benzene rings is 2. The molecule has 0 bridgehead atoms. The molecule has 0 radical (unpaired) electrons. The Morgan fingerprint density at radius 2 is 2.05 bits per heavy atom. The fraction of sp³-hybridized carbons (Fsp3) is 0.0667. The summed E-state index contributed by atoms with van der Waals surface area (Å²) in [6.07, 6.45) is 0. The average Bonchev–Trinajstić information content (AvgIpc) is 2.52. The molecule has 0 saturated heterocycles. The molecule has 0 aliphatic carbocycles. The van der Waals surface area contributed by atoms with Gasteiger partial charge >= 0.3 is 0 Å². The molecule has 0 aromatic heterocycles. The number of primary amides is 1. The summed E-state index contributed by atoms with van der Waals surface area (Å²) in [6.45, 7) is -0.103. The molecule has 2 N–H and O–H groups in total. The van der Waals surface area contributed by atoms with Gasteiger partial charge in [-0.05, 0) is 24.3 Å². The highest BCUT2D eigenvalue weighted by Gasteiger charge is 2.17. The van der Waals surface area contributed by atoms with Crippen molar-refractivity contribution in [3.8, 4) is 11.8 Å². The predicted molar refractivity (Wildman–Crippen MR) is 77.1 cm³/mol. The van der Waals surface area contributed by atoms with Crippen LogP contribution in [-0.2, 0) is 6.61 Å². The first kappa shape index (κ1) is 15.0. The first-order valence-electron chi connectivity index (χ1n) is 6.22. The number of nitro groups is 1. The van der Waals surface area contributed by atoms with E-state index in [1.54, 1.807) is 24.3 Å². The van der Waals surface area contributed by atoms with Crippen molar-refractivity contribution in [2.24, 2.45) is 5.73 Å². The topological polar surface area (TPSA) is 119 Å². The number of carbonyl (C=O) groups excluding carboxylic acids is 1. The third-order valence-corrected chi connectivity index (χ3v) is 2.96. The third-order valence-electron chi connectivity index (χ3n) is 2.96. The van der Waals surface area contributed by atoms with Crippen molar-refractivity contribution in [2.75, 3.05) is 0 Å². The van der Waals surface area contributed by atoms with E-state index in [2.05, 4.69) is 0 Å². The second kappa shape index (κ2) is 6.37. The van der Waals surface area contributed by atoms with Crippen molar-refractivity contribution in [3.63, 3.8) is 0 Å². The lowest BCUT2D eigenvalue weighted by molar-refractivity contribution is -0.385. The fourth-order valence-electron chi connectivity index (χ4n) is 1.85. The van der Waals surface area contributed by atoms with E-state index in [-0.39, 0.29) is 23.4 Å². The number of amides is 1. The van der Waals surface area contributed by atoms with Gasteiger partial charge in [0.15, 0.2) is 0 Å². The number of nitriles is 1. The van der Waals surface area contributed by atoms with Crippen LogP contribution in [0.15, 0.2) is 42.5 Å². The smallest absolute Gasteiger partial charge is 0.276 e. The van der Waals surface area contributed by atoms with Gasteiger partial charge in [-0.3, -0.25) is 14.9 Å². The number of rotatable bonds is 5. The van der Waals surface area contributed by atoms with Gasteiger partial charge in [-0.15, -0.1) is 0 Å². The number of carbonyl (C=O) groups is 1. The standard InChI is InChI=1S/C15H11N3O4/c16-8-11-3-1-2-4-14(11)22-9-12-6-5-10(15(17)19)7-13(12)18(20)21/h1-7H,9H2,(H2,17,19). The zero-order valence-electron chi connectivity index (χ0n) is 11.4. The maximum absolute atomic E-state index is 11.1. The number of hydrogen-bond donors (Lipinski definition) is 1. The molecule has 7 nitrogen and oxygen atoms in total. The first-order valence-corrected chi connectivity index (χ1v) is 6.22. The maximum atomic E-state index is 11.1. The monoisotopic (exact) mass is 297 g/mol. The highest BCUT2D eigenvalue weighted by atomic mass is 16.6. The van der Waals surface area contributed by atoms with E-state index in [1.165, 1.54) is 12.1 Å². The van der Waals surface area contributed by atoms with Crippen molar-refractivity contribution in [3.05, 3.63) is 69.3 Å². The van der Waals surface area contributed by atoms with E-state index in [9.17, 15) is 14.9 Å². The van der Waals surface area contributed by atoms with E-state index in [0.29, 0.717) is 11.3 Å². The largest absolute Gasteiger partial charge is 0.487 e. The van der Waals surface area contributed by atoms with Gasteiger partial charge in [-0.2, -0.15) is 5.26 Å². The van der Waals surface area contributed by atoms with Crippen LogP contribution in [0.1, 0.15) is 21.5 Å². The minimum Gasteiger partial charge on any atom is -0.487 e. The van der Waals surface area contributed by atoms with Gasteiger partial charge < -0.3 is 10.5 Å². The highest BCUT2D eigenvalue weighted by molar-refractivity contribution is 5.93. The molecule has 0 saturated carbocycles. The quantitative estimate of drug-likeness (QED) is 0.669. The third kappa shape index (κ3) is 3.19. The van der Waals surface area contributed by atoms with Crippen LogP contribution in [0.5, 0.6) is 5.75 Å². The SMILES string of the molecule is N#Cc1ccccc1OCc1ccc(C(N)=O)cc1[N+](=O)[O-]. The molecular formula is C15H11N3O4. The van der Waals surface area contributed by atoms with Gasteiger partial charge in [0.1, 0.15) is 18.4 Å². The van der Waals surface area contributed by atoms with E-state index in [0.717, 1.165) is 6.07 Å². The molecule has 1 amide bonds. The zero-order valence-corrected chi connectivity index (χ0v) is 11.4. The summed E-state index contributed by atoms with van der Waals surface area (Å²) in [6, 6.07) is 12.5. The molecule has 7 heteroatoms. The van der Waals surface area contributed by atoms with Crippen molar-refractivity contribution >= 4 is 11.6 Å². The van der Waals surface area contributed by atoms with E-state index in [1.807, 2.05) is 6.07 Å². The predicted octanol–water partition coefficient (Wildman–Crippen LogP) is 2.14. The summed E-state index contributed by atoms with van der Waals surface area (Å²) in [5.74, 6) is -0.413. The molecule has 110 valence electrons. The van der Waals surface area contributed by atoms with Crippen LogP contribution in [0.4, 0.5) is 5.69 Å². The zero-order chi connectivity index (χ0) is 16.1. The molecule has 2 rings (SSSR count). The van der Waals surface area contributed by atoms with Crippen LogP contribution < -0.4 is 10.5 Å². The van der Waals surface area contributed by atoms with Gasteiger partial charge in [0.25, 0.3) is 5.69 Å². The molecule has 0 aliphatic heterocycles. The van der Waals surface area contributed by atoms with Crippen LogP contribution in [0, 0.1) is 21.4 Å². The van der Waals surface area contributed by atoms with Crippen LogP contribution >= 0.6 is 0 Å².